The third-order valence-electron chi connectivity index (χ3n) is 2.12. The van der Waals surface area contributed by atoms with Gasteiger partial charge in [-0.05, 0) is 24.5 Å². The molecular formula is C11H11ClN. The number of halogens is 1. The Bertz CT molecular complexity index is 417. The number of aromatic nitrogens is 1. The molecule has 1 radical (unpaired) electrons. The molecule has 1 aromatic carbocycles. The minimum atomic E-state index is 0.785. The molecule has 2 rings (SSSR count). The van der Waals surface area contributed by atoms with Crippen LogP contribution in [0.25, 0.3) is 10.9 Å². The van der Waals surface area contributed by atoms with Gasteiger partial charge in [0.2, 0.25) is 0 Å². The van der Waals surface area contributed by atoms with Crippen molar-refractivity contribution in [2.24, 2.45) is 0 Å². The second-order valence-electron chi connectivity index (χ2n) is 3.02. The maximum absolute atomic E-state index is 6.03. The average Bonchev–Trinajstić information content (AvgIpc) is 2.51. The zero-order valence-corrected chi connectivity index (χ0v) is 8.23. The molecule has 0 aliphatic heterocycles. The van der Waals surface area contributed by atoms with E-state index in [9.17, 15) is 0 Å². The van der Waals surface area contributed by atoms with Gasteiger partial charge in [-0.1, -0.05) is 30.7 Å². The fourth-order valence-corrected chi connectivity index (χ4v) is 1.76. The van der Waals surface area contributed by atoms with Gasteiger partial charge in [-0.25, -0.2) is 0 Å². The van der Waals surface area contributed by atoms with Gasteiger partial charge in [0.25, 0.3) is 0 Å². The Hall–Kier alpha value is -0.950. The number of H-pyrrole nitrogens is 1. The van der Waals surface area contributed by atoms with E-state index in [2.05, 4.69) is 24.4 Å². The first kappa shape index (κ1) is 8.64. The summed E-state index contributed by atoms with van der Waals surface area (Å²) in [7, 11) is 0. The molecule has 0 saturated heterocycles. The van der Waals surface area contributed by atoms with E-state index in [1.54, 1.807) is 0 Å². The second-order valence-corrected chi connectivity index (χ2v) is 3.43. The van der Waals surface area contributed by atoms with Crippen LogP contribution in [0.1, 0.15) is 18.9 Å². The number of aromatic amines is 1. The van der Waals surface area contributed by atoms with Crippen molar-refractivity contribution < 1.29 is 0 Å². The van der Waals surface area contributed by atoms with Gasteiger partial charge in [-0.2, -0.15) is 0 Å². The van der Waals surface area contributed by atoms with Crippen molar-refractivity contribution in [3.8, 4) is 0 Å². The predicted octanol–water partition coefficient (Wildman–Crippen LogP) is 3.78. The average molecular weight is 193 g/mol. The van der Waals surface area contributed by atoms with Crippen molar-refractivity contribution in [1.82, 2.24) is 4.98 Å². The molecule has 0 aliphatic rings. The van der Waals surface area contributed by atoms with Crippen LogP contribution in [-0.2, 0) is 0 Å². The summed E-state index contributed by atoms with van der Waals surface area (Å²) < 4.78 is 0. The van der Waals surface area contributed by atoms with E-state index in [-0.39, 0.29) is 0 Å². The normalized spacial score (nSPS) is 10.9. The van der Waals surface area contributed by atoms with Crippen LogP contribution >= 0.6 is 11.6 Å². The molecule has 0 unspecified atom stereocenters. The van der Waals surface area contributed by atoms with Crippen molar-refractivity contribution in [1.29, 1.82) is 0 Å². The molecule has 1 aromatic heterocycles. The van der Waals surface area contributed by atoms with E-state index in [0.717, 1.165) is 17.0 Å². The zero-order chi connectivity index (χ0) is 9.26. The van der Waals surface area contributed by atoms with Crippen LogP contribution in [0, 0.1) is 6.42 Å². The summed E-state index contributed by atoms with van der Waals surface area (Å²) in [4.78, 5) is 3.18. The Kier molecular flexibility index (Phi) is 2.28. The van der Waals surface area contributed by atoms with Crippen LogP contribution < -0.4 is 0 Å². The number of para-hydroxylation sites is 1. The molecule has 67 valence electrons. The Morgan fingerprint density at radius 2 is 2.31 bits per heavy atom. The maximum Gasteiger partial charge on any atom is 0.0647 e. The van der Waals surface area contributed by atoms with Crippen molar-refractivity contribution in [2.75, 3.05) is 0 Å². The number of benzene rings is 1. The summed E-state index contributed by atoms with van der Waals surface area (Å²) in [6.07, 6.45) is 5.23. The van der Waals surface area contributed by atoms with Gasteiger partial charge in [0.1, 0.15) is 0 Å². The van der Waals surface area contributed by atoms with Crippen LogP contribution in [0.2, 0.25) is 5.02 Å². The van der Waals surface area contributed by atoms with Crippen molar-refractivity contribution >= 4 is 22.5 Å². The molecule has 0 aliphatic carbocycles. The lowest BCUT2D eigenvalue weighted by Crippen LogP contribution is -1.75. The van der Waals surface area contributed by atoms with Crippen LogP contribution in [0.4, 0.5) is 0 Å². The Labute approximate surface area is 82.7 Å². The summed E-state index contributed by atoms with van der Waals surface area (Å²) >= 11 is 6.03. The minimum absolute atomic E-state index is 0.785. The molecule has 0 fully saturated rings. The molecule has 13 heavy (non-hydrogen) atoms. The van der Waals surface area contributed by atoms with Crippen LogP contribution in [0.3, 0.4) is 0 Å². The van der Waals surface area contributed by atoms with Gasteiger partial charge in [0.05, 0.1) is 10.5 Å². The van der Waals surface area contributed by atoms with Gasteiger partial charge < -0.3 is 4.98 Å². The highest BCUT2D eigenvalue weighted by atomic mass is 35.5. The standard InChI is InChI=1S/C11H11ClN/c1-2-4-8-7-13-11-9(8)5-3-6-10(11)12/h3-7,13H,2H2,1H3. The van der Waals surface area contributed by atoms with Gasteiger partial charge in [0, 0.05) is 11.6 Å². The fourth-order valence-electron chi connectivity index (χ4n) is 1.53. The number of hydrogen-bond donors (Lipinski definition) is 1. The van der Waals surface area contributed by atoms with E-state index < -0.39 is 0 Å². The molecule has 2 heteroatoms. The Morgan fingerprint density at radius 1 is 1.46 bits per heavy atom. The molecule has 0 atom stereocenters. The molecule has 1 heterocycles. The lowest BCUT2D eigenvalue weighted by atomic mass is 10.1. The van der Waals surface area contributed by atoms with E-state index >= 15 is 0 Å². The second kappa shape index (κ2) is 3.43. The van der Waals surface area contributed by atoms with Gasteiger partial charge in [-0.15, -0.1) is 0 Å². The van der Waals surface area contributed by atoms with Crippen LogP contribution in [-0.4, -0.2) is 4.98 Å². The lowest BCUT2D eigenvalue weighted by Gasteiger charge is -1.95. The van der Waals surface area contributed by atoms with Crippen LogP contribution in [0.5, 0.6) is 0 Å². The molecule has 0 saturated carbocycles. The summed E-state index contributed by atoms with van der Waals surface area (Å²) in [5, 5.41) is 1.99. The van der Waals surface area contributed by atoms with Gasteiger partial charge in [-0.3, -0.25) is 0 Å². The minimum Gasteiger partial charge on any atom is -0.360 e. The number of rotatable bonds is 2. The first-order valence-electron chi connectivity index (χ1n) is 4.41. The first-order chi connectivity index (χ1) is 6.33. The number of nitrogens with one attached hydrogen (secondary N) is 1. The summed E-state index contributed by atoms with van der Waals surface area (Å²) in [5.74, 6) is 0. The SMILES string of the molecule is CC[CH]c1c[nH]c2c(Cl)cccc12. The monoisotopic (exact) mass is 192 g/mol. The fraction of sp³-hybridized carbons (Fsp3) is 0.182. The van der Waals surface area contributed by atoms with Gasteiger partial charge in [0.15, 0.2) is 0 Å². The van der Waals surface area contributed by atoms with E-state index in [1.165, 1.54) is 10.9 Å². The number of hydrogen-bond acceptors (Lipinski definition) is 0. The molecule has 2 aromatic rings. The number of fused-ring (bicyclic) bond motifs is 1. The molecule has 1 N–H and O–H groups in total. The summed E-state index contributed by atoms with van der Waals surface area (Å²) in [6.45, 7) is 2.13. The molecular weight excluding hydrogens is 182 g/mol. The third-order valence-corrected chi connectivity index (χ3v) is 2.44. The van der Waals surface area contributed by atoms with Crippen molar-refractivity contribution in [2.45, 2.75) is 13.3 Å². The first-order valence-corrected chi connectivity index (χ1v) is 4.79. The highest BCUT2D eigenvalue weighted by molar-refractivity contribution is 6.35. The molecule has 0 amide bonds. The lowest BCUT2D eigenvalue weighted by molar-refractivity contribution is 1.13. The van der Waals surface area contributed by atoms with E-state index in [0.29, 0.717) is 0 Å². The van der Waals surface area contributed by atoms with Crippen molar-refractivity contribution in [3.63, 3.8) is 0 Å². The quantitative estimate of drug-likeness (QED) is 0.746. The van der Waals surface area contributed by atoms with Gasteiger partial charge >= 0.3 is 0 Å². The van der Waals surface area contributed by atoms with Crippen molar-refractivity contribution in [3.05, 3.63) is 41.4 Å². The zero-order valence-electron chi connectivity index (χ0n) is 7.47. The third kappa shape index (κ3) is 1.44. The Morgan fingerprint density at radius 3 is 3.08 bits per heavy atom. The summed E-state index contributed by atoms with van der Waals surface area (Å²) in [5.41, 5.74) is 2.27. The topological polar surface area (TPSA) is 15.8 Å². The summed E-state index contributed by atoms with van der Waals surface area (Å²) in [6, 6.07) is 5.96. The largest absolute Gasteiger partial charge is 0.360 e. The maximum atomic E-state index is 6.03. The molecule has 1 nitrogen and oxygen atoms in total. The highest BCUT2D eigenvalue weighted by Crippen LogP contribution is 2.26. The van der Waals surface area contributed by atoms with Crippen LogP contribution in [0.15, 0.2) is 24.4 Å². The molecule has 0 bridgehead atoms. The van der Waals surface area contributed by atoms with E-state index in [1.807, 2.05) is 18.3 Å². The Balaban J connectivity index is 2.61. The highest BCUT2D eigenvalue weighted by Gasteiger charge is 2.04. The smallest absolute Gasteiger partial charge is 0.0647 e. The van der Waals surface area contributed by atoms with E-state index in [4.69, 9.17) is 11.6 Å². The molecule has 0 spiro atoms. The predicted molar refractivity (Wildman–Crippen MR) is 57.0 cm³/mol.